The minimum atomic E-state index is -0.219. The van der Waals surface area contributed by atoms with Gasteiger partial charge in [-0.1, -0.05) is 6.08 Å². The van der Waals surface area contributed by atoms with Crippen molar-refractivity contribution in [3.05, 3.63) is 11.6 Å². The summed E-state index contributed by atoms with van der Waals surface area (Å²) in [4.78, 5) is 23.0. The van der Waals surface area contributed by atoms with E-state index in [2.05, 4.69) is 0 Å². The van der Waals surface area contributed by atoms with E-state index in [1.165, 1.54) is 0 Å². The molecule has 62 valence electrons. The molecule has 4 aliphatic rings. The molecule has 3 atom stereocenters. The fourth-order valence-corrected chi connectivity index (χ4v) is 2.99. The number of carbonyl (C=O) groups is 2. The number of allylic oxidation sites excluding steroid dienone is 2. The minimum Gasteiger partial charge on any atom is -0.299 e. The highest BCUT2D eigenvalue weighted by molar-refractivity contribution is 6.13. The van der Waals surface area contributed by atoms with Crippen LogP contribution >= 0.6 is 0 Å². The standard InChI is InChI=1S/C10H10O2/c11-8-4-6-3-5-1-2-7(6)9(8)10(5)12/h1,6-7,9H,2-4H2. The van der Waals surface area contributed by atoms with Crippen molar-refractivity contribution < 1.29 is 9.59 Å². The molecule has 0 aromatic heterocycles. The third-order valence-electron chi connectivity index (χ3n) is 3.56. The molecule has 4 bridgehead atoms. The maximum absolute atomic E-state index is 11.6. The molecule has 0 radical (unpaired) electrons. The molecule has 4 rings (SSSR count). The van der Waals surface area contributed by atoms with Gasteiger partial charge in [-0.05, 0) is 30.3 Å². The summed E-state index contributed by atoms with van der Waals surface area (Å²) in [5, 5.41) is 0. The average molecular weight is 162 g/mol. The lowest BCUT2D eigenvalue weighted by atomic mass is 9.69. The largest absolute Gasteiger partial charge is 0.299 e. The van der Waals surface area contributed by atoms with E-state index in [0.29, 0.717) is 18.3 Å². The summed E-state index contributed by atoms with van der Waals surface area (Å²) in [5.41, 5.74) is 0.943. The molecule has 12 heavy (non-hydrogen) atoms. The normalized spacial score (nSPS) is 43.7. The summed E-state index contributed by atoms with van der Waals surface area (Å²) in [6, 6.07) is 0. The Balaban J connectivity index is 2.17. The lowest BCUT2D eigenvalue weighted by molar-refractivity contribution is -0.130. The second-order valence-electron chi connectivity index (χ2n) is 4.11. The van der Waals surface area contributed by atoms with E-state index in [-0.39, 0.29) is 17.5 Å². The number of carbonyl (C=O) groups excluding carboxylic acids is 2. The van der Waals surface area contributed by atoms with Crippen molar-refractivity contribution in [2.24, 2.45) is 17.8 Å². The molecule has 2 fully saturated rings. The monoisotopic (exact) mass is 162 g/mol. The van der Waals surface area contributed by atoms with E-state index >= 15 is 0 Å². The van der Waals surface area contributed by atoms with Gasteiger partial charge in [0.25, 0.3) is 0 Å². The molecule has 2 heteroatoms. The quantitative estimate of drug-likeness (QED) is 0.500. The first-order chi connectivity index (χ1) is 5.77. The Kier molecular flexibility index (Phi) is 1.03. The van der Waals surface area contributed by atoms with Crippen LogP contribution in [0.2, 0.25) is 0 Å². The number of hydrogen-bond donors (Lipinski definition) is 0. The number of Topliss-reactive ketones (excluding diaryl/α,β-unsaturated/α-hetero) is 2. The second-order valence-corrected chi connectivity index (χ2v) is 4.11. The lowest BCUT2D eigenvalue weighted by Gasteiger charge is -2.33. The van der Waals surface area contributed by atoms with Crippen molar-refractivity contribution in [1.82, 2.24) is 0 Å². The van der Waals surface area contributed by atoms with Crippen LogP contribution in [0, 0.1) is 17.8 Å². The maximum atomic E-state index is 11.6. The van der Waals surface area contributed by atoms with Crippen LogP contribution in [-0.4, -0.2) is 11.6 Å². The van der Waals surface area contributed by atoms with Crippen LogP contribution in [0.4, 0.5) is 0 Å². The van der Waals surface area contributed by atoms with E-state index in [1.807, 2.05) is 6.08 Å². The van der Waals surface area contributed by atoms with Gasteiger partial charge >= 0.3 is 0 Å². The molecule has 0 amide bonds. The fourth-order valence-electron chi connectivity index (χ4n) is 2.99. The smallest absolute Gasteiger partial charge is 0.169 e. The van der Waals surface area contributed by atoms with Gasteiger partial charge in [-0.25, -0.2) is 0 Å². The first kappa shape index (κ1) is 6.58. The molecular formula is C10H10O2. The van der Waals surface area contributed by atoms with Gasteiger partial charge in [-0.15, -0.1) is 0 Å². The number of fused-ring (bicyclic) bond motifs is 1. The number of rotatable bonds is 0. The molecular weight excluding hydrogens is 152 g/mol. The number of ketones is 2. The third kappa shape index (κ3) is 0.576. The third-order valence-corrected chi connectivity index (χ3v) is 3.56. The van der Waals surface area contributed by atoms with Crippen LogP contribution < -0.4 is 0 Å². The fraction of sp³-hybridized carbons (Fsp3) is 0.600. The highest BCUT2D eigenvalue weighted by Gasteiger charge is 2.52. The Morgan fingerprint density at radius 3 is 2.83 bits per heavy atom. The Hall–Kier alpha value is -0.920. The topological polar surface area (TPSA) is 34.1 Å². The van der Waals surface area contributed by atoms with E-state index < -0.39 is 0 Å². The first-order valence-electron chi connectivity index (χ1n) is 4.53. The molecule has 0 aromatic carbocycles. The van der Waals surface area contributed by atoms with Crippen molar-refractivity contribution in [3.8, 4) is 0 Å². The predicted octanol–water partition coefficient (Wildman–Crippen LogP) is 1.11. The Morgan fingerprint density at radius 2 is 2.08 bits per heavy atom. The molecule has 3 unspecified atom stereocenters. The van der Waals surface area contributed by atoms with Gasteiger partial charge in [-0.3, -0.25) is 9.59 Å². The molecule has 2 saturated carbocycles. The summed E-state index contributed by atoms with van der Waals surface area (Å²) in [7, 11) is 0. The summed E-state index contributed by atoms with van der Waals surface area (Å²) in [6.45, 7) is 0. The van der Waals surface area contributed by atoms with Crippen LogP contribution in [0.25, 0.3) is 0 Å². The second kappa shape index (κ2) is 1.87. The molecule has 0 aromatic rings. The van der Waals surface area contributed by atoms with Crippen molar-refractivity contribution in [1.29, 1.82) is 0 Å². The van der Waals surface area contributed by atoms with Crippen molar-refractivity contribution in [2.75, 3.05) is 0 Å². The highest BCUT2D eigenvalue weighted by Crippen LogP contribution is 2.50. The van der Waals surface area contributed by atoms with Crippen LogP contribution in [0.15, 0.2) is 11.6 Å². The molecule has 0 aliphatic heterocycles. The van der Waals surface area contributed by atoms with Crippen molar-refractivity contribution in [3.63, 3.8) is 0 Å². The molecule has 0 spiro atoms. The van der Waals surface area contributed by atoms with Gasteiger partial charge in [0, 0.05) is 6.42 Å². The minimum absolute atomic E-state index is 0.144. The van der Waals surface area contributed by atoms with E-state index in [4.69, 9.17) is 0 Å². The molecule has 0 heterocycles. The maximum Gasteiger partial charge on any atom is 0.169 e. The van der Waals surface area contributed by atoms with Crippen LogP contribution in [0.3, 0.4) is 0 Å². The predicted molar refractivity (Wildman–Crippen MR) is 42.4 cm³/mol. The molecule has 2 nitrogen and oxygen atoms in total. The zero-order chi connectivity index (χ0) is 8.29. The van der Waals surface area contributed by atoms with Gasteiger partial charge in [0.05, 0.1) is 5.92 Å². The van der Waals surface area contributed by atoms with Crippen LogP contribution in [0.1, 0.15) is 19.3 Å². The summed E-state index contributed by atoms with van der Waals surface area (Å²) in [6.07, 6.45) is 4.56. The van der Waals surface area contributed by atoms with Gasteiger partial charge < -0.3 is 0 Å². The van der Waals surface area contributed by atoms with E-state index in [9.17, 15) is 9.59 Å². The van der Waals surface area contributed by atoms with Crippen LogP contribution in [0.5, 0.6) is 0 Å². The summed E-state index contributed by atoms with van der Waals surface area (Å²) >= 11 is 0. The number of hydrogen-bond acceptors (Lipinski definition) is 2. The zero-order valence-corrected chi connectivity index (χ0v) is 6.75. The first-order valence-corrected chi connectivity index (χ1v) is 4.53. The van der Waals surface area contributed by atoms with Crippen LogP contribution in [-0.2, 0) is 9.59 Å². The SMILES string of the molecule is O=C1CC2CC3=CCC2C1C3=O. The Morgan fingerprint density at radius 1 is 1.25 bits per heavy atom. The molecule has 0 saturated heterocycles. The molecule has 4 aliphatic carbocycles. The Bertz CT molecular complexity index is 314. The van der Waals surface area contributed by atoms with Crippen molar-refractivity contribution in [2.45, 2.75) is 19.3 Å². The zero-order valence-electron chi connectivity index (χ0n) is 6.75. The van der Waals surface area contributed by atoms with E-state index in [0.717, 1.165) is 18.4 Å². The Labute approximate surface area is 70.6 Å². The van der Waals surface area contributed by atoms with Gasteiger partial charge in [-0.2, -0.15) is 0 Å². The van der Waals surface area contributed by atoms with E-state index in [1.54, 1.807) is 0 Å². The average Bonchev–Trinajstić information content (AvgIpc) is 2.33. The highest BCUT2D eigenvalue weighted by atomic mass is 16.2. The lowest BCUT2D eigenvalue weighted by Crippen LogP contribution is -2.35. The van der Waals surface area contributed by atoms with Gasteiger partial charge in [0.15, 0.2) is 5.78 Å². The summed E-state index contributed by atoms with van der Waals surface area (Å²) < 4.78 is 0. The van der Waals surface area contributed by atoms with Crippen molar-refractivity contribution >= 4 is 11.6 Å². The van der Waals surface area contributed by atoms with Gasteiger partial charge in [0.1, 0.15) is 5.78 Å². The summed E-state index contributed by atoms with van der Waals surface area (Å²) in [5.74, 6) is 1.02. The molecule has 0 N–H and O–H groups in total. The van der Waals surface area contributed by atoms with Gasteiger partial charge in [0.2, 0.25) is 0 Å².